The van der Waals surface area contributed by atoms with E-state index in [1.807, 2.05) is 48.5 Å². The van der Waals surface area contributed by atoms with E-state index in [1.165, 1.54) is 75.5 Å². The van der Waals surface area contributed by atoms with Crippen molar-refractivity contribution in [3.63, 3.8) is 0 Å². The van der Waals surface area contributed by atoms with E-state index in [2.05, 4.69) is 35.4 Å². The first kappa shape index (κ1) is 28.9. The van der Waals surface area contributed by atoms with Crippen molar-refractivity contribution in [3.05, 3.63) is 76.2 Å². The number of unbranched alkanes of at least 4 members (excludes halogenated alkanes) is 11. The van der Waals surface area contributed by atoms with Gasteiger partial charge in [0.15, 0.2) is 12.7 Å². The molecule has 0 saturated heterocycles. The predicted molar refractivity (Wildman–Crippen MR) is 156 cm³/mol. The summed E-state index contributed by atoms with van der Waals surface area (Å²) in [6, 6.07) is 15.5. The largest absolute Gasteiger partial charge is 0.494 e. The van der Waals surface area contributed by atoms with Gasteiger partial charge in [-0.2, -0.15) is 4.57 Å². The maximum absolute atomic E-state index is 13.1. The molecular formula is C32H45N2O2S+. The van der Waals surface area contributed by atoms with Gasteiger partial charge in [0.2, 0.25) is 5.51 Å². The third kappa shape index (κ3) is 11.1. The molecule has 1 aromatic heterocycles. The minimum atomic E-state index is -0.0961. The number of nitrogens with zero attached hydrogens (tertiary/aromatic N) is 1. The molecule has 3 aromatic rings. The molecule has 0 saturated carbocycles. The molecular weight excluding hydrogens is 476 g/mol. The van der Waals surface area contributed by atoms with E-state index in [-0.39, 0.29) is 5.91 Å². The number of anilines is 1. The van der Waals surface area contributed by atoms with Gasteiger partial charge in [-0.25, -0.2) is 0 Å². The molecule has 0 spiro atoms. The number of ether oxygens (including phenoxy) is 1. The molecule has 3 rings (SSSR count). The minimum absolute atomic E-state index is 0.0961. The van der Waals surface area contributed by atoms with E-state index in [0.717, 1.165) is 30.0 Å². The second kappa shape index (κ2) is 17.0. The van der Waals surface area contributed by atoms with E-state index in [0.29, 0.717) is 12.1 Å². The lowest BCUT2D eigenvalue weighted by Crippen LogP contribution is -2.32. The molecule has 1 amide bonds. The van der Waals surface area contributed by atoms with Crippen LogP contribution in [0.25, 0.3) is 0 Å². The highest BCUT2D eigenvalue weighted by Gasteiger charge is 2.15. The number of rotatable bonds is 18. The number of thiazole rings is 1. The minimum Gasteiger partial charge on any atom is -0.494 e. The lowest BCUT2D eigenvalue weighted by molar-refractivity contribution is -0.683. The third-order valence-corrected chi connectivity index (χ3v) is 7.55. The van der Waals surface area contributed by atoms with Gasteiger partial charge in [0.05, 0.1) is 11.5 Å². The summed E-state index contributed by atoms with van der Waals surface area (Å²) in [5.41, 5.74) is 4.54. The number of hydrogen-bond donors (Lipinski definition) is 1. The summed E-state index contributed by atoms with van der Waals surface area (Å²) in [5, 5.41) is 3.05. The molecule has 0 aliphatic carbocycles. The molecule has 0 aliphatic rings. The van der Waals surface area contributed by atoms with Crippen LogP contribution in [0.3, 0.4) is 0 Å². The Hall–Kier alpha value is -2.66. The van der Waals surface area contributed by atoms with E-state index < -0.39 is 0 Å². The molecule has 0 unspecified atom stereocenters. The molecule has 37 heavy (non-hydrogen) atoms. The van der Waals surface area contributed by atoms with Gasteiger partial charge >= 0.3 is 0 Å². The Morgan fingerprint density at radius 2 is 1.54 bits per heavy atom. The number of nitrogens with one attached hydrogen (secondary N) is 1. The quantitative estimate of drug-likeness (QED) is 0.134. The molecule has 2 aromatic carbocycles. The second-order valence-electron chi connectivity index (χ2n) is 10.0. The van der Waals surface area contributed by atoms with Crippen LogP contribution in [0.5, 0.6) is 5.75 Å². The molecule has 200 valence electrons. The Morgan fingerprint density at radius 1 is 0.865 bits per heavy atom. The summed E-state index contributed by atoms with van der Waals surface area (Å²) in [5.74, 6) is 0.708. The Kier molecular flexibility index (Phi) is 13.3. The first-order valence-electron chi connectivity index (χ1n) is 14.2. The monoisotopic (exact) mass is 521 g/mol. The first-order valence-corrected chi connectivity index (χ1v) is 15.1. The van der Waals surface area contributed by atoms with E-state index in [1.54, 1.807) is 11.3 Å². The van der Waals surface area contributed by atoms with Gasteiger partial charge in [-0.05, 0) is 31.5 Å². The number of carbonyl (C=O) groups is 1. The van der Waals surface area contributed by atoms with Crippen molar-refractivity contribution in [2.24, 2.45) is 0 Å². The highest BCUT2D eigenvalue weighted by Crippen LogP contribution is 2.20. The van der Waals surface area contributed by atoms with E-state index in [9.17, 15) is 4.79 Å². The normalized spacial score (nSPS) is 11.0. The summed E-state index contributed by atoms with van der Waals surface area (Å²) in [4.78, 5) is 14.3. The highest BCUT2D eigenvalue weighted by molar-refractivity contribution is 7.09. The van der Waals surface area contributed by atoms with Gasteiger partial charge in [0.1, 0.15) is 5.75 Å². The summed E-state index contributed by atoms with van der Waals surface area (Å²) < 4.78 is 8.10. The molecule has 0 bridgehead atoms. The van der Waals surface area contributed by atoms with Crippen LogP contribution in [0.2, 0.25) is 0 Å². The lowest BCUT2D eigenvalue weighted by atomic mass is 10.1. The van der Waals surface area contributed by atoms with Crippen LogP contribution in [0.15, 0.2) is 60.2 Å². The smallest absolute Gasteiger partial charge is 0.256 e. The maximum Gasteiger partial charge on any atom is 0.256 e. The van der Waals surface area contributed by atoms with Crippen LogP contribution < -0.4 is 14.6 Å². The average Bonchev–Trinajstić information content (AvgIpc) is 3.31. The van der Waals surface area contributed by atoms with Gasteiger partial charge < -0.3 is 10.1 Å². The standard InChI is InChI=1S/C32H44N2O2S/c1-3-4-5-6-7-8-9-10-11-12-13-16-22-36-30-20-17-19-29(23-30)33-32(35)31-21-15-14-18-28(31)25-34-24-27(2)37-26-34/h14-15,17-21,23-24,26H,3-13,16,22,25H2,1-2H3/p+1. The maximum atomic E-state index is 13.1. The van der Waals surface area contributed by atoms with Crippen molar-refractivity contribution < 1.29 is 14.1 Å². The molecule has 0 fully saturated rings. The molecule has 1 N–H and O–H groups in total. The van der Waals surface area contributed by atoms with Gasteiger partial charge in [-0.1, -0.05) is 113 Å². The average molecular weight is 522 g/mol. The van der Waals surface area contributed by atoms with Crippen molar-refractivity contribution >= 4 is 22.9 Å². The fourth-order valence-electron chi connectivity index (χ4n) is 4.60. The van der Waals surface area contributed by atoms with Gasteiger partial charge in [-0.3, -0.25) is 4.79 Å². The zero-order valence-electron chi connectivity index (χ0n) is 22.8. The van der Waals surface area contributed by atoms with Crippen LogP contribution in [0.4, 0.5) is 5.69 Å². The van der Waals surface area contributed by atoms with Gasteiger partial charge in [-0.15, -0.1) is 0 Å². The number of hydrogen-bond acceptors (Lipinski definition) is 3. The van der Waals surface area contributed by atoms with E-state index >= 15 is 0 Å². The van der Waals surface area contributed by atoms with E-state index in [4.69, 9.17) is 4.74 Å². The zero-order valence-corrected chi connectivity index (χ0v) is 23.7. The number of amides is 1. The SMILES string of the molecule is CCCCCCCCCCCCCCOc1cccc(NC(=O)c2ccccc2C[n+]2csc(C)c2)c1. The molecule has 4 nitrogen and oxygen atoms in total. The lowest BCUT2D eigenvalue weighted by Gasteiger charge is -2.11. The van der Waals surface area contributed by atoms with Crippen molar-refractivity contribution in [1.29, 1.82) is 0 Å². The Balaban J connectivity index is 1.34. The van der Waals surface area contributed by atoms with Crippen molar-refractivity contribution in [3.8, 4) is 5.75 Å². The molecule has 0 atom stereocenters. The Morgan fingerprint density at radius 3 is 2.22 bits per heavy atom. The molecule has 0 radical (unpaired) electrons. The molecule has 5 heteroatoms. The fraction of sp³-hybridized carbons (Fsp3) is 0.500. The topological polar surface area (TPSA) is 42.2 Å². The second-order valence-corrected chi connectivity index (χ2v) is 11.1. The summed E-state index contributed by atoms with van der Waals surface area (Å²) in [6.07, 6.45) is 18.1. The summed E-state index contributed by atoms with van der Waals surface area (Å²) in [7, 11) is 0. The molecule has 0 aliphatic heterocycles. The van der Waals surface area contributed by atoms with Crippen molar-refractivity contribution in [2.45, 2.75) is 97.4 Å². The van der Waals surface area contributed by atoms with Crippen LogP contribution in [-0.4, -0.2) is 12.5 Å². The number of aromatic nitrogens is 1. The van der Waals surface area contributed by atoms with Crippen LogP contribution in [0.1, 0.15) is 105 Å². The van der Waals surface area contributed by atoms with Crippen LogP contribution >= 0.6 is 11.3 Å². The van der Waals surface area contributed by atoms with Crippen LogP contribution in [-0.2, 0) is 6.54 Å². The number of benzene rings is 2. The fourth-order valence-corrected chi connectivity index (χ4v) is 5.23. The highest BCUT2D eigenvalue weighted by atomic mass is 32.1. The Bertz CT molecular complexity index is 1060. The third-order valence-electron chi connectivity index (χ3n) is 6.70. The van der Waals surface area contributed by atoms with Crippen molar-refractivity contribution in [2.75, 3.05) is 11.9 Å². The Labute approximate surface area is 228 Å². The number of aryl methyl sites for hydroxylation is 1. The van der Waals surface area contributed by atoms with Crippen molar-refractivity contribution in [1.82, 2.24) is 0 Å². The summed E-state index contributed by atoms with van der Waals surface area (Å²) in [6.45, 7) is 5.76. The summed E-state index contributed by atoms with van der Waals surface area (Å²) >= 11 is 1.71. The van der Waals surface area contributed by atoms with Gasteiger partial charge in [0.25, 0.3) is 5.91 Å². The van der Waals surface area contributed by atoms with Gasteiger partial charge in [0, 0.05) is 22.9 Å². The van der Waals surface area contributed by atoms with Crippen LogP contribution in [0, 0.1) is 6.92 Å². The molecule has 1 heterocycles. The first-order chi connectivity index (χ1) is 18.2. The zero-order chi connectivity index (χ0) is 26.1. The predicted octanol–water partition coefficient (Wildman–Crippen LogP) is 8.72. The number of carbonyl (C=O) groups excluding carboxylic acids is 1.